The highest BCUT2D eigenvalue weighted by atomic mass is 35.5. The first-order valence-corrected chi connectivity index (χ1v) is 11.1. The molecule has 1 aliphatic rings. The summed E-state index contributed by atoms with van der Waals surface area (Å²) in [6.45, 7) is 0. The molecule has 0 saturated carbocycles. The quantitative estimate of drug-likeness (QED) is 0.428. The minimum Gasteiger partial charge on any atom is -0.480 e. The SMILES string of the molecule is O=C(O)C1(c2nc(-c3ccc(Cl)c(Cl)c3)cs2)C=CC(c2ccccc2)C(F)(C(=O)O)C1. The highest BCUT2D eigenvalue weighted by molar-refractivity contribution is 7.10. The Morgan fingerprint density at radius 3 is 2.41 bits per heavy atom. The molecular formula is C23H16Cl2FNO4S. The molecule has 1 heterocycles. The molecular weight excluding hydrogens is 476 g/mol. The van der Waals surface area contributed by atoms with Crippen molar-refractivity contribution in [2.45, 2.75) is 23.4 Å². The number of carbonyl (C=O) groups is 2. The van der Waals surface area contributed by atoms with Crippen LogP contribution in [-0.4, -0.2) is 32.8 Å². The van der Waals surface area contributed by atoms with E-state index in [1.807, 2.05) is 0 Å². The number of thiazole rings is 1. The van der Waals surface area contributed by atoms with Crippen LogP contribution in [0.1, 0.15) is 22.9 Å². The Kier molecular flexibility index (Phi) is 5.83. The van der Waals surface area contributed by atoms with Gasteiger partial charge in [-0.2, -0.15) is 0 Å². The zero-order valence-electron chi connectivity index (χ0n) is 16.3. The molecule has 5 nitrogen and oxygen atoms in total. The van der Waals surface area contributed by atoms with Gasteiger partial charge in [-0.15, -0.1) is 11.3 Å². The lowest BCUT2D eigenvalue weighted by Gasteiger charge is -2.39. The van der Waals surface area contributed by atoms with Crippen LogP contribution in [0.2, 0.25) is 10.0 Å². The van der Waals surface area contributed by atoms with Crippen molar-refractivity contribution in [3.8, 4) is 11.3 Å². The molecule has 0 aliphatic heterocycles. The number of aromatic nitrogens is 1. The number of carboxylic acids is 2. The van der Waals surface area contributed by atoms with E-state index in [1.54, 1.807) is 53.9 Å². The Morgan fingerprint density at radius 2 is 1.78 bits per heavy atom. The Balaban J connectivity index is 1.81. The van der Waals surface area contributed by atoms with Crippen LogP contribution in [0.3, 0.4) is 0 Å². The number of halogens is 3. The second-order valence-electron chi connectivity index (χ2n) is 7.54. The lowest BCUT2D eigenvalue weighted by atomic mass is 9.66. The standard InChI is InChI=1S/C23H16Cl2FNO4S/c24-16-7-6-14(10-17(16)25)18-11-32-19(27-18)22(20(28)29)9-8-15(13-4-2-1-3-5-13)23(26,12-22)21(30)31/h1-11,15H,12H2,(H,28,29)(H,30,31). The van der Waals surface area contributed by atoms with E-state index in [2.05, 4.69) is 4.98 Å². The summed E-state index contributed by atoms with van der Waals surface area (Å²) < 4.78 is 16.0. The van der Waals surface area contributed by atoms with Crippen molar-refractivity contribution in [1.82, 2.24) is 4.98 Å². The summed E-state index contributed by atoms with van der Waals surface area (Å²) in [6, 6.07) is 13.2. The number of carboxylic acid groups (broad SMARTS) is 2. The summed E-state index contributed by atoms with van der Waals surface area (Å²) in [4.78, 5) is 28.9. The zero-order chi connectivity index (χ0) is 23.1. The van der Waals surface area contributed by atoms with E-state index in [-0.39, 0.29) is 5.01 Å². The van der Waals surface area contributed by atoms with Crippen LogP contribution in [-0.2, 0) is 15.0 Å². The molecule has 0 amide bonds. The van der Waals surface area contributed by atoms with E-state index in [4.69, 9.17) is 23.2 Å². The molecule has 9 heteroatoms. The van der Waals surface area contributed by atoms with Gasteiger partial charge in [0.2, 0.25) is 5.67 Å². The molecule has 3 unspecified atom stereocenters. The summed E-state index contributed by atoms with van der Waals surface area (Å²) in [6.07, 6.45) is 1.88. The Morgan fingerprint density at radius 1 is 1.06 bits per heavy atom. The van der Waals surface area contributed by atoms with Gasteiger partial charge in [-0.05, 0) is 17.7 Å². The molecule has 2 N–H and O–H groups in total. The second-order valence-corrected chi connectivity index (χ2v) is 9.21. The number of hydrogen-bond acceptors (Lipinski definition) is 4. The second kappa shape index (κ2) is 8.31. The normalized spacial score (nSPS) is 24.9. The molecule has 3 atom stereocenters. The minimum atomic E-state index is -2.84. The predicted molar refractivity (Wildman–Crippen MR) is 121 cm³/mol. The fourth-order valence-electron chi connectivity index (χ4n) is 3.88. The predicted octanol–water partition coefficient (Wildman–Crippen LogP) is 5.98. The molecule has 2 aromatic carbocycles. The Labute approximate surface area is 196 Å². The summed E-state index contributed by atoms with van der Waals surface area (Å²) in [5, 5.41) is 22.2. The fraction of sp³-hybridized carbons (Fsp3) is 0.174. The van der Waals surface area contributed by atoms with Gasteiger partial charge >= 0.3 is 11.9 Å². The van der Waals surface area contributed by atoms with E-state index in [0.717, 1.165) is 11.3 Å². The monoisotopic (exact) mass is 491 g/mol. The number of alkyl halides is 1. The van der Waals surface area contributed by atoms with Crippen LogP contribution in [0, 0.1) is 0 Å². The maximum atomic E-state index is 16.0. The zero-order valence-corrected chi connectivity index (χ0v) is 18.7. The molecule has 1 aromatic heterocycles. The molecule has 0 fully saturated rings. The molecule has 0 saturated heterocycles. The largest absolute Gasteiger partial charge is 0.480 e. The van der Waals surface area contributed by atoms with Crippen molar-refractivity contribution in [2.75, 3.05) is 0 Å². The molecule has 0 spiro atoms. The van der Waals surface area contributed by atoms with Crippen molar-refractivity contribution in [2.24, 2.45) is 0 Å². The van der Waals surface area contributed by atoms with Gasteiger partial charge in [-0.1, -0.05) is 71.8 Å². The summed E-state index contributed by atoms with van der Waals surface area (Å²) in [5.74, 6) is -4.23. The molecule has 0 bridgehead atoms. The van der Waals surface area contributed by atoms with Gasteiger partial charge < -0.3 is 10.2 Å². The van der Waals surface area contributed by atoms with Crippen molar-refractivity contribution in [1.29, 1.82) is 0 Å². The Bertz CT molecular complexity index is 1230. The molecule has 3 aromatic rings. The average molecular weight is 492 g/mol. The first kappa shape index (κ1) is 22.5. The van der Waals surface area contributed by atoms with Crippen LogP contribution in [0.4, 0.5) is 4.39 Å². The number of rotatable bonds is 5. The van der Waals surface area contributed by atoms with Crippen molar-refractivity contribution >= 4 is 46.5 Å². The lowest BCUT2D eigenvalue weighted by molar-refractivity contribution is -0.156. The van der Waals surface area contributed by atoms with Gasteiger partial charge in [0, 0.05) is 23.3 Å². The van der Waals surface area contributed by atoms with E-state index in [9.17, 15) is 19.8 Å². The van der Waals surface area contributed by atoms with Crippen LogP contribution in [0.25, 0.3) is 11.3 Å². The van der Waals surface area contributed by atoms with Crippen LogP contribution in [0.15, 0.2) is 66.1 Å². The highest BCUT2D eigenvalue weighted by Crippen LogP contribution is 2.49. The number of benzene rings is 2. The Hall–Kier alpha value is -2.74. The van der Waals surface area contributed by atoms with Crippen LogP contribution in [0.5, 0.6) is 0 Å². The van der Waals surface area contributed by atoms with Crippen molar-refractivity contribution in [3.05, 3.63) is 86.7 Å². The molecule has 32 heavy (non-hydrogen) atoms. The maximum Gasteiger partial charge on any atom is 0.342 e. The van der Waals surface area contributed by atoms with Gasteiger partial charge in [0.1, 0.15) is 10.4 Å². The average Bonchev–Trinajstić information content (AvgIpc) is 3.26. The van der Waals surface area contributed by atoms with Gasteiger partial charge in [0.15, 0.2) is 0 Å². The third-order valence-electron chi connectivity index (χ3n) is 5.60. The van der Waals surface area contributed by atoms with Gasteiger partial charge in [0.05, 0.1) is 15.7 Å². The van der Waals surface area contributed by atoms with Gasteiger partial charge in [0.25, 0.3) is 0 Å². The number of nitrogens with zero attached hydrogens (tertiary/aromatic N) is 1. The minimum absolute atomic E-state index is 0.0807. The first-order valence-electron chi connectivity index (χ1n) is 9.49. The van der Waals surface area contributed by atoms with Crippen LogP contribution < -0.4 is 0 Å². The number of allylic oxidation sites excluding steroid dienone is 1. The number of aliphatic carboxylic acids is 2. The van der Waals surface area contributed by atoms with Gasteiger partial charge in [-0.25, -0.2) is 14.2 Å². The van der Waals surface area contributed by atoms with Crippen LogP contribution >= 0.6 is 34.5 Å². The van der Waals surface area contributed by atoms with E-state index >= 15 is 4.39 Å². The van der Waals surface area contributed by atoms with E-state index < -0.39 is 35.4 Å². The fourth-order valence-corrected chi connectivity index (χ4v) is 5.18. The molecule has 4 rings (SSSR count). The van der Waals surface area contributed by atoms with Gasteiger partial charge in [-0.3, -0.25) is 4.79 Å². The molecule has 164 valence electrons. The highest BCUT2D eigenvalue weighted by Gasteiger charge is 2.58. The van der Waals surface area contributed by atoms with Crippen molar-refractivity contribution in [3.63, 3.8) is 0 Å². The lowest BCUT2D eigenvalue weighted by Crippen LogP contribution is -2.51. The number of hydrogen-bond donors (Lipinski definition) is 2. The third-order valence-corrected chi connectivity index (χ3v) is 7.36. The summed E-state index contributed by atoms with van der Waals surface area (Å²) in [7, 11) is 0. The summed E-state index contributed by atoms with van der Waals surface area (Å²) >= 11 is 13.0. The molecule has 1 aliphatic carbocycles. The topological polar surface area (TPSA) is 87.5 Å². The smallest absolute Gasteiger partial charge is 0.342 e. The van der Waals surface area contributed by atoms with E-state index in [0.29, 0.717) is 26.9 Å². The molecule has 0 radical (unpaired) electrons. The summed E-state index contributed by atoms with van der Waals surface area (Å²) in [5.41, 5.74) is -3.29. The first-order chi connectivity index (χ1) is 15.2. The van der Waals surface area contributed by atoms with E-state index in [1.165, 1.54) is 12.2 Å². The maximum absolute atomic E-state index is 16.0. The third kappa shape index (κ3) is 3.70. The van der Waals surface area contributed by atoms with Crippen molar-refractivity contribution < 1.29 is 24.2 Å².